The number of ether oxygens (including phenoxy) is 2. The monoisotopic (exact) mass is 282 g/mol. The molecule has 2 heterocycles. The molecule has 0 spiro atoms. The van der Waals surface area contributed by atoms with Gasteiger partial charge in [-0.05, 0) is 19.1 Å². The molecule has 2 rings (SSSR count). The summed E-state index contributed by atoms with van der Waals surface area (Å²) in [6.45, 7) is 1.51. The van der Waals surface area contributed by atoms with Gasteiger partial charge in [0, 0.05) is 0 Å². The average molecular weight is 282 g/mol. The molecule has 0 aromatic carbocycles. The Bertz CT molecular complexity index is 599. The molecule has 9 heteroatoms. The Morgan fingerprint density at radius 2 is 2.30 bits per heavy atom. The fourth-order valence-corrected chi connectivity index (χ4v) is 1.34. The minimum atomic E-state index is -0.580. The quantitative estimate of drug-likeness (QED) is 0.635. The van der Waals surface area contributed by atoms with E-state index in [2.05, 4.69) is 19.8 Å². The molecular weight excluding hydrogens is 271 g/mol. The summed E-state index contributed by atoms with van der Waals surface area (Å²) in [6.07, 6.45) is 0.975. The van der Waals surface area contributed by atoms with Crippen molar-refractivity contribution in [2.24, 2.45) is 0 Å². The summed E-state index contributed by atoms with van der Waals surface area (Å²) in [5.41, 5.74) is 0.201. The Hall–Kier alpha value is -2.71. The van der Waals surface area contributed by atoms with E-state index in [1.54, 1.807) is 6.92 Å². The van der Waals surface area contributed by atoms with Crippen LogP contribution in [0.25, 0.3) is 11.5 Å². The van der Waals surface area contributed by atoms with Crippen LogP contribution in [0.5, 0.6) is 6.01 Å². The van der Waals surface area contributed by atoms with Gasteiger partial charge in [0.1, 0.15) is 11.5 Å². The summed E-state index contributed by atoms with van der Waals surface area (Å²) in [5, 5.41) is 13.1. The molecule has 0 aliphatic carbocycles. The van der Waals surface area contributed by atoms with E-state index in [1.165, 1.54) is 6.07 Å². The lowest BCUT2D eigenvalue weighted by atomic mass is 10.3. The van der Waals surface area contributed by atoms with Crippen molar-refractivity contribution >= 4 is 5.97 Å². The molecule has 106 valence electrons. The minimum absolute atomic E-state index is 0.0381. The highest BCUT2D eigenvalue weighted by Gasteiger charge is 2.15. The minimum Gasteiger partial charge on any atom is -0.463 e. The standard InChI is InChI=1S/C11H11FN4O4/c1-2-19-9(17)6-20-11-14-10(16(18)15-11)8-4-3-7(12)5-13-8/h3-5,18H,2,6H2,1H3. The van der Waals surface area contributed by atoms with Gasteiger partial charge in [0.15, 0.2) is 6.61 Å². The summed E-state index contributed by atoms with van der Waals surface area (Å²) < 4.78 is 22.3. The maximum Gasteiger partial charge on any atom is 0.344 e. The van der Waals surface area contributed by atoms with Crippen molar-refractivity contribution in [1.29, 1.82) is 0 Å². The maximum atomic E-state index is 12.7. The van der Waals surface area contributed by atoms with Gasteiger partial charge in [0.2, 0.25) is 5.82 Å². The largest absolute Gasteiger partial charge is 0.463 e. The van der Waals surface area contributed by atoms with E-state index in [9.17, 15) is 14.4 Å². The highest BCUT2D eigenvalue weighted by Crippen LogP contribution is 2.16. The van der Waals surface area contributed by atoms with Crippen LogP contribution in [0.4, 0.5) is 4.39 Å². The molecule has 0 aliphatic rings. The van der Waals surface area contributed by atoms with Crippen LogP contribution in [0.15, 0.2) is 18.3 Å². The average Bonchev–Trinajstić information content (AvgIpc) is 2.79. The third-order valence-electron chi connectivity index (χ3n) is 2.15. The summed E-state index contributed by atoms with van der Waals surface area (Å²) >= 11 is 0. The van der Waals surface area contributed by atoms with Gasteiger partial charge in [0.05, 0.1) is 12.8 Å². The zero-order chi connectivity index (χ0) is 14.5. The summed E-state index contributed by atoms with van der Waals surface area (Å²) in [7, 11) is 0. The number of carbonyl (C=O) groups excluding carboxylic acids is 1. The molecule has 0 fully saturated rings. The van der Waals surface area contributed by atoms with E-state index >= 15 is 0 Å². The second kappa shape index (κ2) is 5.95. The fraction of sp³-hybridized carbons (Fsp3) is 0.273. The molecule has 20 heavy (non-hydrogen) atoms. The molecule has 1 N–H and O–H groups in total. The normalized spacial score (nSPS) is 10.3. The molecule has 2 aromatic heterocycles. The molecule has 0 amide bonds. The van der Waals surface area contributed by atoms with Crippen molar-refractivity contribution < 1.29 is 23.9 Å². The van der Waals surface area contributed by atoms with Crippen molar-refractivity contribution in [3.05, 3.63) is 24.1 Å². The van der Waals surface area contributed by atoms with Crippen LogP contribution < -0.4 is 4.74 Å². The first-order valence-electron chi connectivity index (χ1n) is 5.66. The Morgan fingerprint density at radius 1 is 1.50 bits per heavy atom. The van der Waals surface area contributed by atoms with Gasteiger partial charge in [0.25, 0.3) is 0 Å². The van der Waals surface area contributed by atoms with Gasteiger partial charge >= 0.3 is 12.0 Å². The third-order valence-corrected chi connectivity index (χ3v) is 2.15. The molecule has 0 bridgehead atoms. The van der Waals surface area contributed by atoms with E-state index < -0.39 is 11.8 Å². The predicted molar refractivity (Wildman–Crippen MR) is 62.5 cm³/mol. The molecule has 0 unspecified atom stereocenters. The van der Waals surface area contributed by atoms with Crippen LogP contribution in [0.2, 0.25) is 0 Å². The first kappa shape index (κ1) is 13.7. The Kier molecular flexibility index (Phi) is 4.08. The number of carbonyl (C=O) groups is 1. The number of aromatic nitrogens is 4. The zero-order valence-electron chi connectivity index (χ0n) is 10.5. The molecule has 2 aromatic rings. The smallest absolute Gasteiger partial charge is 0.344 e. The molecule has 0 aliphatic heterocycles. The van der Waals surface area contributed by atoms with E-state index in [0.717, 1.165) is 12.3 Å². The maximum absolute atomic E-state index is 12.7. The van der Waals surface area contributed by atoms with Crippen molar-refractivity contribution in [1.82, 2.24) is 19.9 Å². The zero-order valence-corrected chi connectivity index (χ0v) is 10.5. The third kappa shape index (κ3) is 3.19. The van der Waals surface area contributed by atoms with Crippen molar-refractivity contribution in [3.8, 4) is 17.5 Å². The van der Waals surface area contributed by atoms with Crippen molar-refractivity contribution in [2.75, 3.05) is 13.2 Å². The summed E-state index contributed by atoms with van der Waals surface area (Å²) in [6, 6.07) is 2.26. The summed E-state index contributed by atoms with van der Waals surface area (Å²) in [4.78, 5) is 19.1. The van der Waals surface area contributed by atoms with E-state index in [0.29, 0.717) is 4.85 Å². The van der Waals surface area contributed by atoms with Gasteiger partial charge in [-0.25, -0.2) is 14.2 Å². The Morgan fingerprint density at radius 3 is 2.95 bits per heavy atom. The number of nitrogens with zero attached hydrogens (tertiary/aromatic N) is 4. The van der Waals surface area contributed by atoms with Crippen LogP contribution in [-0.4, -0.2) is 44.3 Å². The fourth-order valence-electron chi connectivity index (χ4n) is 1.34. The highest BCUT2D eigenvalue weighted by molar-refractivity contribution is 5.70. The molecular formula is C11H11FN4O4. The molecule has 0 atom stereocenters. The highest BCUT2D eigenvalue weighted by atomic mass is 19.1. The lowest BCUT2D eigenvalue weighted by Gasteiger charge is -2.00. The lowest BCUT2D eigenvalue weighted by Crippen LogP contribution is -2.15. The van der Waals surface area contributed by atoms with Crippen molar-refractivity contribution in [3.63, 3.8) is 0 Å². The molecule has 0 radical (unpaired) electrons. The van der Waals surface area contributed by atoms with Gasteiger partial charge in [-0.15, -0.1) is 0 Å². The second-order valence-corrected chi connectivity index (χ2v) is 3.56. The van der Waals surface area contributed by atoms with E-state index in [-0.39, 0.29) is 30.7 Å². The van der Waals surface area contributed by atoms with Crippen LogP contribution in [0.3, 0.4) is 0 Å². The second-order valence-electron chi connectivity index (χ2n) is 3.56. The first-order valence-corrected chi connectivity index (χ1v) is 5.66. The van der Waals surface area contributed by atoms with Crippen LogP contribution in [0, 0.1) is 5.82 Å². The van der Waals surface area contributed by atoms with Crippen LogP contribution in [-0.2, 0) is 9.53 Å². The number of hydrogen-bond acceptors (Lipinski definition) is 7. The number of rotatable bonds is 5. The number of pyridine rings is 1. The van der Waals surface area contributed by atoms with Gasteiger partial charge in [-0.3, -0.25) is 0 Å². The lowest BCUT2D eigenvalue weighted by molar-refractivity contribution is -0.145. The number of hydrogen-bond donors (Lipinski definition) is 1. The Balaban J connectivity index is 2.09. The first-order chi connectivity index (χ1) is 9.60. The van der Waals surface area contributed by atoms with Crippen molar-refractivity contribution in [2.45, 2.75) is 6.92 Å². The topological polar surface area (TPSA) is 99.4 Å². The summed E-state index contributed by atoms with van der Waals surface area (Å²) in [5.74, 6) is -1.14. The van der Waals surface area contributed by atoms with Crippen LogP contribution in [0.1, 0.15) is 6.92 Å². The molecule has 0 saturated heterocycles. The SMILES string of the molecule is CCOC(=O)COc1nc(-c2ccc(F)cn2)n(O)n1. The van der Waals surface area contributed by atoms with E-state index in [4.69, 9.17) is 4.74 Å². The molecule has 0 saturated carbocycles. The van der Waals surface area contributed by atoms with Gasteiger partial charge in [-0.2, -0.15) is 4.98 Å². The van der Waals surface area contributed by atoms with E-state index in [1.807, 2.05) is 0 Å². The van der Waals surface area contributed by atoms with Gasteiger partial charge < -0.3 is 14.7 Å². The predicted octanol–water partition coefficient (Wildman–Crippen LogP) is 0.658. The number of esters is 1. The number of halogens is 1. The molecule has 8 nitrogen and oxygen atoms in total. The van der Waals surface area contributed by atoms with Gasteiger partial charge in [-0.1, -0.05) is 9.94 Å². The van der Waals surface area contributed by atoms with Crippen LogP contribution >= 0.6 is 0 Å². The Labute approximate surface area is 112 Å².